The van der Waals surface area contributed by atoms with Gasteiger partial charge in [0.05, 0.1) is 68.0 Å². The van der Waals surface area contributed by atoms with Crippen LogP contribution in [0.1, 0.15) is 50.0 Å². The summed E-state index contributed by atoms with van der Waals surface area (Å²) in [7, 11) is 0. The molecular formula is C43H35Cl3N8O10S2Sn. The summed E-state index contributed by atoms with van der Waals surface area (Å²) in [6.07, 6.45) is 0. The Morgan fingerprint density at radius 2 is 1.13 bits per heavy atom. The van der Waals surface area contributed by atoms with Gasteiger partial charge in [-0.15, -0.1) is 22.7 Å². The van der Waals surface area contributed by atoms with E-state index in [2.05, 4.69) is 46.4 Å². The van der Waals surface area contributed by atoms with Gasteiger partial charge in [-0.1, -0.05) is 34.8 Å². The van der Waals surface area contributed by atoms with E-state index in [0.717, 1.165) is 22.7 Å². The number of ether oxygens (including phenoxy) is 6. The van der Waals surface area contributed by atoms with E-state index in [9.17, 15) is 29.7 Å². The molecule has 0 fully saturated rings. The molecule has 4 amide bonds. The number of hydrogen-bond donors (Lipinski definition) is 2. The van der Waals surface area contributed by atoms with Crippen LogP contribution in [-0.2, 0) is 9.47 Å². The molecule has 4 aliphatic rings. The number of pyridine rings is 2. The number of carbonyl (C=O) groups is 4. The molecule has 0 atom stereocenters. The quantitative estimate of drug-likeness (QED) is 0.0898. The number of nitrogens with one attached hydrogen (secondary N) is 2. The van der Waals surface area contributed by atoms with E-state index in [1.165, 1.54) is 9.80 Å². The van der Waals surface area contributed by atoms with Crippen LogP contribution in [0.3, 0.4) is 0 Å². The SMILES string of the molecule is CCOC(=O)c1sc2nc(C)c(C#N)c3c2c1NC(=O)N3c1c(Cl)ccc2c1OCO2.CCOC(=O)c1sc2nc(Cl)c(C#N)c3c2c1NC(=O)N3c1c(Cl)ccc2c1OCO2.[CH3][Sn]([CH3])([CH3])[CH3]. The first-order chi connectivity index (χ1) is 31.9. The summed E-state index contributed by atoms with van der Waals surface area (Å²) in [4.78, 5) is 73.6. The zero-order valence-corrected chi connectivity index (χ0v) is 43.1. The number of urea groups is 2. The zero-order chi connectivity index (χ0) is 48.2. The van der Waals surface area contributed by atoms with Gasteiger partial charge in [-0.2, -0.15) is 10.5 Å². The number of nitrogens with zero attached hydrogens (tertiary/aromatic N) is 6. The van der Waals surface area contributed by atoms with Gasteiger partial charge in [0, 0.05) is 0 Å². The summed E-state index contributed by atoms with van der Waals surface area (Å²) < 4.78 is 32.2. The van der Waals surface area contributed by atoms with Gasteiger partial charge in [0.15, 0.2) is 28.2 Å². The molecule has 0 saturated carbocycles. The van der Waals surface area contributed by atoms with Gasteiger partial charge < -0.3 is 39.1 Å². The molecule has 2 N–H and O–H groups in total. The summed E-state index contributed by atoms with van der Waals surface area (Å²) in [6.45, 7) is 5.29. The molecule has 10 rings (SSSR count). The molecule has 6 aromatic rings. The molecule has 0 spiro atoms. The van der Waals surface area contributed by atoms with Crippen LogP contribution < -0.4 is 39.4 Å². The summed E-state index contributed by atoms with van der Waals surface area (Å²) in [5.74, 6) is 0.161. The first-order valence-corrected chi connectivity index (χ1v) is 34.3. The van der Waals surface area contributed by atoms with Crippen molar-refractivity contribution in [1.82, 2.24) is 9.97 Å². The molecule has 67 heavy (non-hydrogen) atoms. The first kappa shape index (κ1) is 47.5. The molecule has 0 aliphatic carbocycles. The van der Waals surface area contributed by atoms with Crippen LogP contribution in [0.5, 0.6) is 23.0 Å². The molecule has 2 aromatic carbocycles. The van der Waals surface area contributed by atoms with Gasteiger partial charge in [-0.05, 0) is 45.0 Å². The molecule has 24 heteroatoms. The second-order valence-electron chi connectivity index (χ2n) is 16.0. The van der Waals surface area contributed by atoms with E-state index in [0.29, 0.717) is 43.4 Å². The number of anilines is 6. The first-order valence-electron chi connectivity index (χ1n) is 20.1. The molecule has 4 aliphatic heterocycles. The Morgan fingerprint density at radius 1 is 0.716 bits per heavy atom. The van der Waals surface area contributed by atoms with Gasteiger partial charge >= 0.3 is 62.1 Å². The number of carbonyl (C=O) groups excluding carboxylic acids is 4. The third kappa shape index (κ3) is 8.51. The number of hydrogen-bond acceptors (Lipinski definition) is 16. The number of esters is 2. The van der Waals surface area contributed by atoms with Gasteiger partial charge in [0.2, 0.25) is 13.6 Å². The van der Waals surface area contributed by atoms with E-state index in [-0.39, 0.29) is 103 Å². The molecule has 4 aromatic heterocycles. The zero-order valence-electron chi connectivity index (χ0n) is 36.4. The molecule has 0 bridgehead atoms. The maximum atomic E-state index is 13.3. The van der Waals surface area contributed by atoms with Crippen molar-refractivity contribution < 1.29 is 47.6 Å². The van der Waals surface area contributed by atoms with Crippen molar-refractivity contribution >= 4 is 154 Å². The number of benzene rings is 2. The monoisotopic (exact) mass is 1110 g/mol. The molecule has 0 unspecified atom stereocenters. The maximum absolute atomic E-state index is 13.3. The summed E-state index contributed by atoms with van der Waals surface area (Å²) in [5.41, 5.74) is 1.87. The van der Waals surface area contributed by atoms with Crippen LogP contribution >= 0.6 is 57.5 Å². The van der Waals surface area contributed by atoms with Crippen LogP contribution in [-0.4, -0.2) is 79.1 Å². The van der Waals surface area contributed by atoms with Crippen molar-refractivity contribution in [3.63, 3.8) is 0 Å². The Morgan fingerprint density at radius 3 is 1.55 bits per heavy atom. The third-order valence-electron chi connectivity index (χ3n) is 9.60. The minimum absolute atomic E-state index is 0.0231. The van der Waals surface area contributed by atoms with Crippen molar-refractivity contribution in [2.45, 2.75) is 40.5 Å². The summed E-state index contributed by atoms with van der Waals surface area (Å²) in [6, 6.07) is 9.25. The summed E-state index contributed by atoms with van der Waals surface area (Å²) in [5, 5.41) is 26.3. The van der Waals surface area contributed by atoms with Crippen LogP contribution in [0.25, 0.3) is 20.4 Å². The topological polar surface area (TPSA) is 228 Å². The molecule has 344 valence electrons. The second-order valence-corrected chi connectivity index (χ2v) is 36.3. The van der Waals surface area contributed by atoms with Gasteiger partial charge in [-0.3, -0.25) is 9.80 Å². The number of amides is 4. The van der Waals surface area contributed by atoms with Gasteiger partial charge in [-0.25, -0.2) is 29.1 Å². The van der Waals surface area contributed by atoms with E-state index in [4.69, 9.17) is 63.2 Å². The standard InChI is InChI=1S/C20H13ClN4O5S.C19H10Cl2N4O5S.4CH3.Sn/c1-3-28-19(26)17-13-12-14(9(6-22)8(2)23-18(12)31-17)25(20(27)24-13)15-10(21)4-5-11-16(15)30-7-29-11;1-2-28-18(26)15-11-10-12(7(5-22)16(21)24-17(10)31-15)25(19(27)23-11)13-8(20)3-4-9-14(13)30-6-29-9;;;;;/h4-5H,3,7H2,1-2H3,(H,24,27);3-4H,2,6H2,1H3,(H,23,27);4*1H3;. The van der Waals surface area contributed by atoms with Crippen molar-refractivity contribution in [2.24, 2.45) is 0 Å². The van der Waals surface area contributed by atoms with E-state index < -0.39 is 42.4 Å². The Hall–Kier alpha value is -6.01. The fraction of sp³-hybridized carbons (Fsp3) is 0.256. The van der Waals surface area contributed by atoms with Crippen molar-refractivity contribution in [3.05, 3.63) is 66.0 Å². The Labute approximate surface area is 408 Å². The molecule has 0 saturated heterocycles. The molecular weight excluding hydrogens is 1080 g/mol. The number of halogens is 3. The Bertz CT molecular complexity index is 3010. The fourth-order valence-corrected chi connectivity index (χ4v) is 9.98. The van der Waals surface area contributed by atoms with Gasteiger partial charge in [0.1, 0.15) is 48.5 Å². The minimum atomic E-state index is -1.18. The summed E-state index contributed by atoms with van der Waals surface area (Å²) >= 11 is 20.1. The van der Waals surface area contributed by atoms with Crippen molar-refractivity contribution in [3.8, 4) is 35.1 Å². The van der Waals surface area contributed by atoms with E-state index >= 15 is 0 Å². The van der Waals surface area contributed by atoms with E-state index in [1.807, 2.05) is 6.07 Å². The number of thiophene rings is 2. The molecule has 0 radical (unpaired) electrons. The average Bonchev–Trinajstić information content (AvgIpc) is 4.08. The Kier molecular flexibility index (Phi) is 13.2. The van der Waals surface area contributed by atoms with Crippen LogP contribution in [0.2, 0.25) is 35.0 Å². The number of aromatic nitrogens is 2. The second kappa shape index (κ2) is 18.6. The third-order valence-corrected chi connectivity index (χ3v) is 12.6. The predicted octanol–water partition coefficient (Wildman–Crippen LogP) is 11.7. The van der Waals surface area contributed by atoms with E-state index in [1.54, 1.807) is 45.0 Å². The predicted molar refractivity (Wildman–Crippen MR) is 257 cm³/mol. The van der Waals surface area contributed by atoms with Gasteiger partial charge in [0.25, 0.3) is 0 Å². The fourth-order valence-electron chi connectivity index (χ4n) is 7.15. The van der Waals surface area contributed by atoms with Crippen LogP contribution in [0.4, 0.5) is 43.7 Å². The Balaban J connectivity index is 0.000000165. The van der Waals surface area contributed by atoms with Crippen LogP contribution in [0.15, 0.2) is 24.3 Å². The van der Waals surface area contributed by atoms with Crippen LogP contribution in [0, 0.1) is 29.6 Å². The number of fused-ring (bicyclic) bond motifs is 2. The average molecular weight is 1110 g/mol. The number of rotatable bonds is 6. The normalized spacial score (nSPS) is 13.7. The molecule has 18 nitrogen and oxygen atoms in total. The number of nitriles is 2. The van der Waals surface area contributed by atoms with Crippen molar-refractivity contribution in [1.29, 1.82) is 10.5 Å². The molecule has 8 heterocycles. The number of aryl methyl sites for hydroxylation is 1. The van der Waals surface area contributed by atoms with Crippen molar-refractivity contribution in [2.75, 3.05) is 47.2 Å².